The Labute approximate surface area is 153 Å². The van der Waals surface area contributed by atoms with Gasteiger partial charge in [0.1, 0.15) is 0 Å². The van der Waals surface area contributed by atoms with Crippen LogP contribution in [0, 0.1) is 3.57 Å². The number of carbonyl (C=O) groups excluding carboxylic acids is 2. The Balaban J connectivity index is 2.11. The lowest BCUT2D eigenvalue weighted by Gasteiger charge is -2.16. The van der Waals surface area contributed by atoms with Crippen LogP contribution in [0.25, 0.3) is 0 Å². The molecule has 0 aromatic heterocycles. The van der Waals surface area contributed by atoms with Gasteiger partial charge in [-0.05, 0) is 47.1 Å². The van der Waals surface area contributed by atoms with E-state index in [1.165, 1.54) is 4.90 Å². The zero-order valence-corrected chi connectivity index (χ0v) is 16.0. The molecule has 1 aliphatic rings. The third-order valence-electron chi connectivity index (χ3n) is 3.56. The molecule has 2 amide bonds. The summed E-state index contributed by atoms with van der Waals surface area (Å²) in [5.41, 5.74) is 1.01. The van der Waals surface area contributed by atoms with Crippen LogP contribution in [0.15, 0.2) is 24.8 Å². The average Bonchev–Trinajstić information content (AvgIpc) is 2.80. The second kappa shape index (κ2) is 8.05. The monoisotopic (exact) mass is 447 g/mol. The van der Waals surface area contributed by atoms with Crippen molar-refractivity contribution >= 4 is 45.5 Å². The molecule has 124 valence electrons. The molecule has 0 N–H and O–H groups in total. The maximum absolute atomic E-state index is 12.2. The number of thioether (sulfide) groups is 1. The van der Waals surface area contributed by atoms with E-state index in [4.69, 9.17) is 9.47 Å². The van der Waals surface area contributed by atoms with Gasteiger partial charge in [0.2, 0.25) is 5.91 Å². The molecule has 1 aliphatic heterocycles. The lowest BCUT2D eigenvalue weighted by atomic mass is 10.1. The normalized spacial score (nSPS) is 17.5. The second-order valence-electron chi connectivity index (χ2n) is 4.91. The number of amides is 2. The number of ether oxygens (including phenoxy) is 2. The number of nitrogens with zero attached hydrogens (tertiary/aromatic N) is 1. The van der Waals surface area contributed by atoms with Crippen molar-refractivity contribution in [3.05, 3.63) is 33.9 Å². The minimum absolute atomic E-state index is 0.129. The van der Waals surface area contributed by atoms with Gasteiger partial charge < -0.3 is 9.47 Å². The molecule has 1 fully saturated rings. The fourth-order valence-electron chi connectivity index (χ4n) is 2.36. The lowest BCUT2D eigenvalue weighted by Crippen LogP contribution is -2.33. The first-order chi connectivity index (χ1) is 11.0. The molecule has 1 saturated heterocycles. The maximum atomic E-state index is 12.2. The van der Waals surface area contributed by atoms with Crippen molar-refractivity contribution in [3.63, 3.8) is 0 Å². The first-order valence-corrected chi connectivity index (χ1v) is 9.01. The van der Waals surface area contributed by atoms with Gasteiger partial charge in [0.05, 0.1) is 23.0 Å². The molecule has 23 heavy (non-hydrogen) atoms. The van der Waals surface area contributed by atoms with Crippen LogP contribution in [0.4, 0.5) is 4.79 Å². The van der Waals surface area contributed by atoms with Gasteiger partial charge >= 0.3 is 0 Å². The summed E-state index contributed by atoms with van der Waals surface area (Å²) in [7, 11) is 3.18. The molecule has 0 spiro atoms. The van der Waals surface area contributed by atoms with Gasteiger partial charge in [-0.1, -0.05) is 23.9 Å². The summed E-state index contributed by atoms with van der Waals surface area (Å²) in [5, 5.41) is -0.512. The van der Waals surface area contributed by atoms with Crippen LogP contribution in [0.2, 0.25) is 0 Å². The number of halogens is 1. The summed E-state index contributed by atoms with van der Waals surface area (Å²) < 4.78 is 11.6. The predicted octanol–water partition coefficient (Wildman–Crippen LogP) is 3.49. The molecule has 5 nitrogen and oxygen atoms in total. The number of methoxy groups -OCH3 is 2. The van der Waals surface area contributed by atoms with Crippen LogP contribution in [-0.4, -0.2) is 42.1 Å². The van der Waals surface area contributed by atoms with Crippen molar-refractivity contribution in [2.45, 2.75) is 18.1 Å². The molecular weight excluding hydrogens is 429 g/mol. The number of imide groups is 1. The Morgan fingerprint density at radius 1 is 1.35 bits per heavy atom. The summed E-state index contributed by atoms with van der Waals surface area (Å²) in [6.45, 7) is 3.99. The Kier molecular flexibility index (Phi) is 6.34. The number of hydrogen-bond donors (Lipinski definition) is 0. The van der Waals surface area contributed by atoms with Crippen molar-refractivity contribution in [1.29, 1.82) is 0 Å². The van der Waals surface area contributed by atoms with Gasteiger partial charge in [0.15, 0.2) is 11.5 Å². The summed E-state index contributed by atoms with van der Waals surface area (Å²) >= 11 is 3.27. The maximum Gasteiger partial charge on any atom is 0.289 e. The number of benzene rings is 1. The van der Waals surface area contributed by atoms with E-state index in [0.29, 0.717) is 30.9 Å². The van der Waals surface area contributed by atoms with Crippen LogP contribution < -0.4 is 9.47 Å². The van der Waals surface area contributed by atoms with Crippen LogP contribution in [0.1, 0.15) is 12.0 Å². The number of hydrogen-bond acceptors (Lipinski definition) is 5. The van der Waals surface area contributed by atoms with Crippen LogP contribution in [0.3, 0.4) is 0 Å². The third-order valence-corrected chi connectivity index (χ3v) is 5.84. The molecular formula is C16H18INO4S. The standard InChI is InChI=1S/C16H18INO4S/c1-4-5-12-15(19)18(16(20)23-12)9-8-10-6-7-11(21-2)14(22-3)13(10)17/h4,6-7,12H,1,5,8-9H2,2-3H3. The van der Waals surface area contributed by atoms with Gasteiger partial charge in [-0.25, -0.2) is 0 Å². The van der Waals surface area contributed by atoms with E-state index >= 15 is 0 Å². The molecule has 1 atom stereocenters. The summed E-state index contributed by atoms with van der Waals surface area (Å²) in [6.07, 6.45) is 2.76. The minimum atomic E-state index is -0.329. The van der Waals surface area contributed by atoms with E-state index in [0.717, 1.165) is 20.9 Å². The highest BCUT2D eigenvalue weighted by atomic mass is 127. The van der Waals surface area contributed by atoms with Crippen molar-refractivity contribution in [3.8, 4) is 11.5 Å². The lowest BCUT2D eigenvalue weighted by molar-refractivity contribution is -0.126. The molecule has 1 aromatic carbocycles. The third kappa shape index (κ3) is 3.82. The summed E-state index contributed by atoms with van der Waals surface area (Å²) in [6, 6.07) is 3.77. The first-order valence-electron chi connectivity index (χ1n) is 7.05. The van der Waals surface area contributed by atoms with Crippen LogP contribution in [-0.2, 0) is 11.2 Å². The highest BCUT2D eigenvalue weighted by Gasteiger charge is 2.38. The van der Waals surface area contributed by atoms with Crippen molar-refractivity contribution in [1.82, 2.24) is 4.90 Å². The van der Waals surface area contributed by atoms with E-state index in [9.17, 15) is 9.59 Å². The van der Waals surface area contributed by atoms with Crippen LogP contribution in [0.5, 0.6) is 11.5 Å². The van der Waals surface area contributed by atoms with Crippen molar-refractivity contribution in [2.24, 2.45) is 0 Å². The Hall–Kier alpha value is -1.22. The highest BCUT2D eigenvalue weighted by molar-refractivity contribution is 14.1. The predicted molar refractivity (Wildman–Crippen MR) is 99.3 cm³/mol. The molecule has 7 heteroatoms. The SMILES string of the molecule is C=CCC1SC(=O)N(CCc2ccc(OC)c(OC)c2I)C1=O. The van der Waals surface area contributed by atoms with E-state index in [2.05, 4.69) is 29.2 Å². The number of allylic oxidation sites excluding steroid dienone is 1. The van der Waals surface area contributed by atoms with E-state index in [1.54, 1.807) is 20.3 Å². The van der Waals surface area contributed by atoms with Gasteiger partial charge in [-0.2, -0.15) is 0 Å². The second-order valence-corrected chi connectivity index (χ2v) is 7.14. The van der Waals surface area contributed by atoms with Crippen molar-refractivity contribution < 1.29 is 19.1 Å². The quantitative estimate of drug-likeness (QED) is 0.473. The summed E-state index contributed by atoms with van der Waals surface area (Å²) in [4.78, 5) is 25.5. The molecule has 0 radical (unpaired) electrons. The Morgan fingerprint density at radius 3 is 2.70 bits per heavy atom. The van der Waals surface area contributed by atoms with E-state index < -0.39 is 0 Å². The minimum Gasteiger partial charge on any atom is -0.493 e. The first kappa shape index (κ1) is 18.1. The molecule has 1 aromatic rings. The summed E-state index contributed by atoms with van der Waals surface area (Å²) in [5.74, 6) is 1.20. The van der Waals surface area contributed by atoms with Crippen molar-refractivity contribution in [2.75, 3.05) is 20.8 Å². The number of rotatable bonds is 7. The van der Waals surface area contributed by atoms with Crippen LogP contribution >= 0.6 is 34.4 Å². The smallest absolute Gasteiger partial charge is 0.289 e. The fraction of sp³-hybridized carbons (Fsp3) is 0.375. The fourth-order valence-corrected chi connectivity index (χ4v) is 4.30. The molecule has 2 rings (SSSR count). The topological polar surface area (TPSA) is 55.8 Å². The molecule has 0 aliphatic carbocycles. The van der Waals surface area contributed by atoms with Gasteiger partial charge in [-0.3, -0.25) is 14.5 Å². The van der Waals surface area contributed by atoms with E-state index in [1.807, 2.05) is 12.1 Å². The molecule has 1 unspecified atom stereocenters. The van der Waals surface area contributed by atoms with Gasteiger partial charge in [0.25, 0.3) is 5.24 Å². The highest BCUT2D eigenvalue weighted by Crippen LogP contribution is 2.35. The average molecular weight is 447 g/mol. The van der Waals surface area contributed by atoms with E-state index in [-0.39, 0.29) is 16.4 Å². The molecule has 0 bridgehead atoms. The zero-order chi connectivity index (χ0) is 17.0. The Morgan fingerprint density at radius 2 is 2.09 bits per heavy atom. The molecule has 0 saturated carbocycles. The zero-order valence-electron chi connectivity index (χ0n) is 13.0. The van der Waals surface area contributed by atoms with Gasteiger partial charge in [0, 0.05) is 6.54 Å². The largest absolute Gasteiger partial charge is 0.493 e. The van der Waals surface area contributed by atoms with Gasteiger partial charge in [-0.15, -0.1) is 6.58 Å². The molecule has 1 heterocycles. The Bertz CT molecular complexity index is 635. The number of carbonyl (C=O) groups is 2.